The van der Waals surface area contributed by atoms with Crippen LogP contribution in [0.1, 0.15) is 37.6 Å². The fourth-order valence-electron chi connectivity index (χ4n) is 1.54. The highest BCUT2D eigenvalue weighted by molar-refractivity contribution is 9.10. The molecule has 0 saturated heterocycles. The summed E-state index contributed by atoms with van der Waals surface area (Å²) in [7, 11) is 1.66. The van der Waals surface area contributed by atoms with E-state index in [1.807, 2.05) is 13.8 Å². The van der Waals surface area contributed by atoms with Crippen LogP contribution in [0.15, 0.2) is 16.6 Å². The first-order valence-electron chi connectivity index (χ1n) is 6.05. The molecule has 19 heavy (non-hydrogen) atoms. The molecule has 106 valence electrons. The van der Waals surface area contributed by atoms with Gasteiger partial charge in [-0.1, -0.05) is 15.9 Å². The Morgan fingerprint density at radius 2 is 2.05 bits per heavy atom. The number of methoxy groups -OCH3 is 1. The van der Waals surface area contributed by atoms with Crippen molar-refractivity contribution in [2.24, 2.45) is 0 Å². The van der Waals surface area contributed by atoms with E-state index in [1.165, 1.54) is 6.92 Å². The summed E-state index contributed by atoms with van der Waals surface area (Å²) in [6.07, 6.45) is 0.705. The van der Waals surface area contributed by atoms with E-state index in [2.05, 4.69) is 15.9 Å². The summed E-state index contributed by atoms with van der Waals surface area (Å²) in [4.78, 5) is 11.6. The molecule has 0 aliphatic carbocycles. The van der Waals surface area contributed by atoms with Crippen LogP contribution in [-0.4, -0.2) is 25.1 Å². The molecule has 1 aromatic carbocycles. The van der Waals surface area contributed by atoms with Crippen molar-refractivity contribution in [3.63, 3.8) is 0 Å². The lowest BCUT2D eigenvalue weighted by atomic mass is 10.1. The third kappa shape index (κ3) is 4.51. The van der Waals surface area contributed by atoms with Crippen LogP contribution in [0.2, 0.25) is 0 Å². The van der Waals surface area contributed by atoms with Crippen molar-refractivity contribution >= 4 is 27.4 Å². The van der Waals surface area contributed by atoms with Crippen LogP contribution in [0.25, 0.3) is 0 Å². The number of hydrogen-bond donors (Lipinski definition) is 1. The maximum atomic E-state index is 11.6. The lowest BCUT2D eigenvalue weighted by Crippen LogP contribution is -2.25. The SMILES string of the molecule is COC(C)(C)CCOc1c(N)cc(Br)cc1C(C)=O. The van der Waals surface area contributed by atoms with E-state index in [9.17, 15) is 4.79 Å². The molecule has 4 nitrogen and oxygen atoms in total. The van der Waals surface area contributed by atoms with E-state index >= 15 is 0 Å². The summed E-state index contributed by atoms with van der Waals surface area (Å²) in [5.41, 5.74) is 6.58. The third-order valence-corrected chi connectivity index (χ3v) is 3.42. The van der Waals surface area contributed by atoms with Crippen molar-refractivity contribution in [1.82, 2.24) is 0 Å². The Labute approximate surface area is 122 Å². The highest BCUT2D eigenvalue weighted by Gasteiger charge is 2.18. The summed E-state index contributed by atoms with van der Waals surface area (Å²) in [5, 5.41) is 0. The Morgan fingerprint density at radius 3 is 2.58 bits per heavy atom. The van der Waals surface area contributed by atoms with Gasteiger partial charge in [0.25, 0.3) is 0 Å². The van der Waals surface area contributed by atoms with Crippen LogP contribution < -0.4 is 10.5 Å². The number of benzene rings is 1. The summed E-state index contributed by atoms with van der Waals surface area (Å²) < 4.78 is 11.8. The number of nitrogens with two attached hydrogens (primary N) is 1. The molecule has 0 heterocycles. The van der Waals surface area contributed by atoms with Crippen LogP contribution in [0.3, 0.4) is 0 Å². The van der Waals surface area contributed by atoms with Crippen LogP contribution in [0.5, 0.6) is 5.75 Å². The molecule has 2 N–H and O–H groups in total. The number of Topliss-reactive ketones (excluding diaryl/α,β-unsaturated/α-hetero) is 1. The van der Waals surface area contributed by atoms with Crippen molar-refractivity contribution in [1.29, 1.82) is 0 Å². The maximum absolute atomic E-state index is 11.6. The van der Waals surface area contributed by atoms with Gasteiger partial charge >= 0.3 is 0 Å². The van der Waals surface area contributed by atoms with Crippen molar-refractivity contribution in [3.8, 4) is 5.75 Å². The van der Waals surface area contributed by atoms with Gasteiger partial charge < -0.3 is 15.2 Å². The van der Waals surface area contributed by atoms with E-state index in [-0.39, 0.29) is 11.4 Å². The Balaban J connectivity index is 2.86. The van der Waals surface area contributed by atoms with E-state index in [0.29, 0.717) is 30.0 Å². The van der Waals surface area contributed by atoms with Gasteiger partial charge in [0.2, 0.25) is 0 Å². The number of nitrogen functional groups attached to an aromatic ring is 1. The normalized spacial score (nSPS) is 11.4. The highest BCUT2D eigenvalue weighted by atomic mass is 79.9. The average Bonchev–Trinajstić information content (AvgIpc) is 2.31. The number of ether oxygens (including phenoxy) is 2. The summed E-state index contributed by atoms with van der Waals surface area (Å²) >= 11 is 3.32. The number of halogens is 1. The Hall–Kier alpha value is -1.07. The minimum atomic E-state index is -0.263. The van der Waals surface area contributed by atoms with Crippen LogP contribution in [0, 0.1) is 0 Å². The number of carbonyl (C=O) groups is 1. The zero-order chi connectivity index (χ0) is 14.6. The number of carbonyl (C=O) groups excluding carboxylic acids is 1. The average molecular weight is 330 g/mol. The van der Waals surface area contributed by atoms with E-state index in [4.69, 9.17) is 15.2 Å². The predicted molar refractivity (Wildman–Crippen MR) is 79.8 cm³/mol. The van der Waals surface area contributed by atoms with E-state index in [1.54, 1.807) is 19.2 Å². The first kappa shape index (κ1) is 16.0. The molecular weight excluding hydrogens is 310 g/mol. The molecule has 0 atom stereocenters. The van der Waals surface area contributed by atoms with Crippen LogP contribution in [0.4, 0.5) is 5.69 Å². The lowest BCUT2D eigenvalue weighted by Gasteiger charge is -2.23. The zero-order valence-electron chi connectivity index (χ0n) is 11.7. The van der Waals surface area contributed by atoms with Gasteiger partial charge in [0, 0.05) is 18.0 Å². The smallest absolute Gasteiger partial charge is 0.163 e. The van der Waals surface area contributed by atoms with Crippen molar-refractivity contribution in [2.45, 2.75) is 32.8 Å². The molecule has 0 fully saturated rings. The predicted octanol–water partition coefficient (Wildman–Crippen LogP) is 3.43. The Bertz CT molecular complexity index is 472. The minimum absolute atomic E-state index is 0.0750. The first-order valence-corrected chi connectivity index (χ1v) is 6.84. The molecule has 0 unspecified atom stereocenters. The molecule has 0 aliphatic heterocycles. The molecular formula is C14H20BrNO3. The maximum Gasteiger partial charge on any atom is 0.163 e. The van der Waals surface area contributed by atoms with Gasteiger partial charge in [0.05, 0.1) is 23.5 Å². The molecule has 0 aliphatic rings. The molecule has 5 heteroatoms. The minimum Gasteiger partial charge on any atom is -0.491 e. The van der Waals surface area contributed by atoms with Gasteiger partial charge in [0.1, 0.15) is 0 Å². The fourth-order valence-corrected chi connectivity index (χ4v) is 2.01. The topological polar surface area (TPSA) is 61.6 Å². The molecule has 0 amide bonds. The van der Waals surface area contributed by atoms with Gasteiger partial charge in [-0.15, -0.1) is 0 Å². The number of hydrogen-bond acceptors (Lipinski definition) is 4. The summed E-state index contributed by atoms with van der Waals surface area (Å²) in [6.45, 7) is 5.89. The summed E-state index contributed by atoms with van der Waals surface area (Å²) in [6, 6.07) is 3.44. The van der Waals surface area contributed by atoms with Crippen LogP contribution in [-0.2, 0) is 4.74 Å². The van der Waals surface area contributed by atoms with E-state index < -0.39 is 0 Å². The van der Waals surface area contributed by atoms with Crippen molar-refractivity contribution < 1.29 is 14.3 Å². The quantitative estimate of drug-likeness (QED) is 0.641. The molecule has 1 rings (SSSR count). The van der Waals surface area contributed by atoms with Crippen molar-refractivity contribution in [3.05, 3.63) is 22.2 Å². The Morgan fingerprint density at radius 1 is 1.42 bits per heavy atom. The zero-order valence-corrected chi connectivity index (χ0v) is 13.3. The number of ketones is 1. The third-order valence-electron chi connectivity index (χ3n) is 2.96. The van der Waals surface area contributed by atoms with E-state index in [0.717, 1.165) is 4.47 Å². The monoisotopic (exact) mass is 329 g/mol. The highest BCUT2D eigenvalue weighted by Crippen LogP contribution is 2.31. The van der Waals surface area contributed by atoms with Crippen LogP contribution >= 0.6 is 15.9 Å². The molecule has 0 radical (unpaired) electrons. The lowest BCUT2D eigenvalue weighted by molar-refractivity contribution is 0.00547. The van der Waals surface area contributed by atoms with Gasteiger partial charge in [-0.05, 0) is 32.9 Å². The number of rotatable bonds is 6. The van der Waals surface area contributed by atoms with Gasteiger partial charge in [0.15, 0.2) is 11.5 Å². The first-order chi connectivity index (χ1) is 8.76. The Kier molecular flexibility index (Phi) is 5.38. The molecule has 0 spiro atoms. The summed E-state index contributed by atoms with van der Waals surface area (Å²) in [5.74, 6) is 0.372. The second-order valence-corrected chi connectivity index (χ2v) is 5.91. The fraction of sp³-hybridized carbons (Fsp3) is 0.500. The molecule has 1 aromatic rings. The van der Waals surface area contributed by atoms with Gasteiger partial charge in [-0.2, -0.15) is 0 Å². The second kappa shape index (κ2) is 6.39. The van der Waals surface area contributed by atoms with Gasteiger partial charge in [-0.25, -0.2) is 0 Å². The molecule has 0 bridgehead atoms. The molecule has 0 saturated carbocycles. The standard InChI is InChI=1S/C14H20BrNO3/c1-9(17)11-7-10(15)8-12(16)13(11)19-6-5-14(2,3)18-4/h7-8H,5-6,16H2,1-4H3. The number of anilines is 1. The second-order valence-electron chi connectivity index (χ2n) is 4.99. The molecule has 0 aromatic heterocycles. The van der Waals surface area contributed by atoms with Gasteiger partial charge in [-0.3, -0.25) is 4.79 Å². The largest absolute Gasteiger partial charge is 0.491 e. The van der Waals surface area contributed by atoms with Crippen molar-refractivity contribution in [2.75, 3.05) is 19.5 Å².